The molecule has 11 rings (SSSR count). The Balaban J connectivity index is 1.31. The van der Waals surface area contributed by atoms with E-state index in [1.165, 1.54) is 38.0 Å². The van der Waals surface area contributed by atoms with Crippen molar-refractivity contribution in [2.24, 2.45) is 14.1 Å². The number of nitrogens with zero attached hydrogens (tertiary/aromatic N) is 6. The summed E-state index contributed by atoms with van der Waals surface area (Å²) < 4.78 is 17.7. The van der Waals surface area contributed by atoms with E-state index in [1.807, 2.05) is 59.0 Å². The largest absolute Gasteiger partial charge is 0.458 e. The Labute approximate surface area is 304 Å². The molecule has 0 saturated carbocycles. The van der Waals surface area contributed by atoms with E-state index in [9.17, 15) is 0 Å². The van der Waals surface area contributed by atoms with Crippen LogP contribution in [0.2, 0.25) is 0 Å². The fourth-order valence-electron chi connectivity index (χ4n) is 8.40. The van der Waals surface area contributed by atoms with Crippen molar-refractivity contribution in [3.05, 3.63) is 164 Å². The normalized spacial score (nSPS) is 12.0. The number of fused-ring (bicyclic) bond motifs is 12. The summed E-state index contributed by atoms with van der Waals surface area (Å²) in [5.74, 6) is 2.33. The van der Waals surface area contributed by atoms with Crippen LogP contribution in [0.25, 0.3) is 82.6 Å². The molecule has 5 heterocycles. The van der Waals surface area contributed by atoms with Gasteiger partial charge in [0.1, 0.15) is 17.3 Å². The second kappa shape index (κ2) is 11.2. The molecule has 0 bridgehead atoms. The van der Waals surface area contributed by atoms with Crippen LogP contribution in [0.3, 0.4) is 0 Å². The zero-order valence-corrected chi connectivity index (χ0v) is 29.1. The Hall–Kier alpha value is -7.12. The molecule has 0 amide bonds. The van der Waals surface area contributed by atoms with Gasteiger partial charge in [-0.25, -0.2) is 4.98 Å². The monoisotopic (exact) mass is 684 g/mol. The molecule has 0 unspecified atom stereocenters. The van der Waals surface area contributed by atoms with Crippen LogP contribution in [-0.4, -0.2) is 23.3 Å². The molecule has 0 spiro atoms. The van der Waals surface area contributed by atoms with Gasteiger partial charge in [0, 0.05) is 75.2 Å². The van der Waals surface area contributed by atoms with E-state index in [0.29, 0.717) is 0 Å². The number of imidazole rings is 1. The van der Waals surface area contributed by atoms with Crippen molar-refractivity contribution in [2.45, 2.75) is 0 Å². The van der Waals surface area contributed by atoms with Gasteiger partial charge in [0.2, 0.25) is 6.33 Å². The van der Waals surface area contributed by atoms with Gasteiger partial charge < -0.3 is 23.0 Å². The average molecular weight is 685 g/mol. The lowest BCUT2D eigenvalue weighted by Gasteiger charge is -2.13. The lowest BCUT2D eigenvalue weighted by molar-refractivity contribution is -0.599. The van der Waals surface area contributed by atoms with Gasteiger partial charge in [0.15, 0.2) is 0 Å². The van der Waals surface area contributed by atoms with Crippen LogP contribution in [0.1, 0.15) is 0 Å². The minimum atomic E-state index is 0.741. The predicted molar refractivity (Wildman–Crippen MR) is 213 cm³/mol. The van der Waals surface area contributed by atoms with Crippen molar-refractivity contribution in [2.75, 3.05) is 0 Å². The molecule has 6 aromatic carbocycles. The first-order chi connectivity index (χ1) is 26.1. The Bertz CT molecular complexity index is 3220. The summed E-state index contributed by atoms with van der Waals surface area (Å²) in [4.78, 5) is 4.99. The molecule has 0 atom stereocenters. The Morgan fingerprint density at radius 2 is 1.26 bits per heavy atom. The molecular weight excluding hydrogens is 653 g/mol. The molecule has 0 aliphatic carbocycles. The summed E-state index contributed by atoms with van der Waals surface area (Å²) in [5.41, 5.74) is 8.89. The second-order valence-corrected chi connectivity index (χ2v) is 13.6. The van der Waals surface area contributed by atoms with E-state index in [-0.39, 0.29) is 0 Å². The molecular formula is C46H32N6O. The van der Waals surface area contributed by atoms with Crippen LogP contribution >= 0.6 is 0 Å². The molecule has 0 N–H and O–H groups in total. The van der Waals surface area contributed by atoms with E-state index >= 15 is 0 Å². The number of para-hydroxylation sites is 3. The highest BCUT2D eigenvalue weighted by molar-refractivity contribution is 6.40. The molecule has 7 heteroatoms. The minimum Gasteiger partial charge on any atom is -0.458 e. The van der Waals surface area contributed by atoms with Crippen LogP contribution < -0.4 is 9.30 Å². The molecule has 0 saturated heterocycles. The lowest BCUT2D eigenvalue weighted by atomic mass is 10.0. The Morgan fingerprint density at radius 1 is 0.566 bits per heavy atom. The van der Waals surface area contributed by atoms with Gasteiger partial charge in [0.05, 0.1) is 40.3 Å². The third-order valence-electron chi connectivity index (χ3n) is 10.6. The van der Waals surface area contributed by atoms with Crippen molar-refractivity contribution in [1.82, 2.24) is 23.3 Å². The molecule has 11 aromatic rings. The van der Waals surface area contributed by atoms with Gasteiger partial charge in [-0.3, -0.25) is 4.57 Å². The van der Waals surface area contributed by atoms with Crippen LogP contribution in [0.4, 0.5) is 0 Å². The van der Waals surface area contributed by atoms with Crippen LogP contribution in [-0.2, 0) is 14.1 Å². The summed E-state index contributed by atoms with van der Waals surface area (Å²) >= 11 is 0. The highest BCUT2D eigenvalue weighted by Gasteiger charge is 2.28. The maximum Gasteiger partial charge on any atom is 0.243 e. The average Bonchev–Trinajstić information content (AvgIpc) is 3.95. The van der Waals surface area contributed by atoms with Crippen molar-refractivity contribution in [3.63, 3.8) is 0 Å². The molecule has 0 radical (unpaired) electrons. The van der Waals surface area contributed by atoms with E-state index < -0.39 is 0 Å². The fraction of sp³-hybridized carbons (Fsp3) is 0.0435. The predicted octanol–water partition coefficient (Wildman–Crippen LogP) is 10.1. The molecule has 0 aliphatic heterocycles. The van der Waals surface area contributed by atoms with Crippen molar-refractivity contribution in [1.29, 1.82) is 0 Å². The zero-order chi connectivity index (χ0) is 35.2. The molecule has 0 fully saturated rings. The van der Waals surface area contributed by atoms with Crippen molar-refractivity contribution < 1.29 is 9.30 Å². The van der Waals surface area contributed by atoms with Crippen LogP contribution in [0, 0.1) is 6.33 Å². The number of aromatic nitrogens is 6. The first kappa shape index (κ1) is 29.6. The molecule has 53 heavy (non-hydrogen) atoms. The van der Waals surface area contributed by atoms with Gasteiger partial charge >= 0.3 is 0 Å². The first-order valence-corrected chi connectivity index (χ1v) is 17.8. The highest BCUT2D eigenvalue weighted by atomic mass is 16.5. The smallest absolute Gasteiger partial charge is 0.243 e. The van der Waals surface area contributed by atoms with Crippen molar-refractivity contribution in [3.8, 4) is 28.7 Å². The quantitative estimate of drug-likeness (QED) is 0.134. The first-order valence-electron chi connectivity index (χ1n) is 17.8. The second-order valence-electron chi connectivity index (χ2n) is 13.6. The topological polar surface area (TPSA) is 45.7 Å². The van der Waals surface area contributed by atoms with E-state index in [2.05, 4.69) is 142 Å². The highest BCUT2D eigenvalue weighted by Crippen LogP contribution is 2.49. The Morgan fingerprint density at radius 3 is 2.06 bits per heavy atom. The summed E-state index contributed by atoms with van der Waals surface area (Å²) in [6, 6.07) is 49.0. The van der Waals surface area contributed by atoms with Gasteiger partial charge in [-0.15, -0.1) is 0 Å². The number of aryl methyl sites for hydroxylation is 2. The van der Waals surface area contributed by atoms with Gasteiger partial charge in [-0.2, -0.15) is 0 Å². The van der Waals surface area contributed by atoms with E-state index in [0.717, 1.165) is 56.1 Å². The standard InChI is InChI=1S/C46H32N6O/c1-48-25-26-50(29-48)31-15-12-16-32(27-31)53-33-22-23-36-39(28-33)52(40-21-10-11-24-47-40)46-43(36)44-41(34-17-6-8-19-37(34)49(44)2)42-35-18-7-9-20-38(35)51(45(42)46)30-13-4-3-5-14-30/h3-28H,1-2H3. The fourth-order valence-corrected chi connectivity index (χ4v) is 8.40. The summed E-state index contributed by atoms with van der Waals surface area (Å²) in [6.07, 6.45) is 9.11. The molecule has 7 nitrogen and oxygen atoms in total. The number of hydrogen-bond acceptors (Lipinski definition) is 2. The maximum absolute atomic E-state index is 6.65. The summed E-state index contributed by atoms with van der Waals surface area (Å²) in [7, 11) is 4.16. The number of rotatable bonds is 5. The number of hydrogen-bond donors (Lipinski definition) is 0. The number of pyridine rings is 1. The zero-order valence-electron chi connectivity index (χ0n) is 29.1. The SMILES string of the molecule is Cn1[c-][n+](-c2cccc(Oc3ccc4c5c6c(c7ccccc7n6C)c6c7ccccc7n(-c7ccccc7)c6c5n(-c5ccccn5)c4c3)c2)cc1. The van der Waals surface area contributed by atoms with Gasteiger partial charge in [-0.1, -0.05) is 72.8 Å². The third-order valence-corrected chi connectivity index (χ3v) is 10.6. The van der Waals surface area contributed by atoms with Crippen molar-refractivity contribution >= 4 is 65.4 Å². The summed E-state index contributed by atoms with van der Waals surface area (Å²) in [6.45, 7) is 0. The van der Waals surface area contributed by atoms with Crippen LogP contribution in [0.15, 0.2) is 158 Å². The minimum absolute atomic E-state index is 0.741. The van der Waals surface area contributed by atoms with E-state index in [1.54, 1.807) is 0 Å². The lowest BCUT2D eigenvalue weighted by Crippen LogP contribution is -2.27. The van der Waals surface area contributed by atoms with Crippen LogP contribution in [0.5, 0.6) is 11.5 Å². The maximum atomic E-state index is 6.65. The van der Waals surface area contributed by atoms with Gasteiger partial charge in [0.25, 0.3) is 0 Å². The third kappa shape index (κ3) is 4.28. The molecule has 252 valence electrons. The molecule has 5 aromatic heterocycles. The molecule has 0 aliphatic rings. The number of ether oxygens (including phenoxy) is 1. The van der Waals surface area contributed by atoms with E-state index in [4.69, 9.17) is 9.72 Å². The van der Waals surface area contributed by atoms with Gasteiger partial charge in [-0.05, 0) is 60.7 Å². The number of benzene rings is 6. The summed E-state index contributed by atoms with van der Waals surface area (Å²) in [5, 5.41) is 7.24. The Kier molecular flexibility index (Phi) is 6.25.